The third kappa shape index (κ3) is 4.23. The topological polar surface area (TPSA) is 112 Å². The summed E-state index contributed by atoms with van der Waals surface area (Å²) in [4.78, 5) is 27.9. The molecule has 1 amide bonds. The van der Waals surface area contributed by atoms with Gasteiger partial charge in [-0.15, -0.1) is 0 Å². The van der Waals surface area contributed by atoms with Crippen LogP contribution in [0.25, 0.3) is 11.1 Å². The van der Waals surface area contributed by atoms with Gasteiger partial charge in [0.1, 0.15) is 18.7 Å². The van der Waals surface area contributed by atoms with Crippen molar-refractivity contribution in [2.24, 2.45) is 0 Å². The highest BCUT2D eigenvalue weighted by atomic mass is 16.5. The molecular weight excluding hydrogens is 394 g/mol. The van der Waals surface area contributed by atoms with Gasteiger partial charge < -0.3 is 15.2 Å². The van der Waals surface area contributed by atoms with Gasteiger partial charge in [0.2, 0.25) is 0 Å². The van der Waals surface area contributed by atoms with E-state index < -0.39 is 18.1 Å². The smallest absolute Gasteiger partial charge is 0.407 e. The lowest BCUT2D eigenvalue weighted by Gasteiger charge is -2.17. The van der Waals surface area contributed by atoms with Crippen LogP contribution >= 0.6 is 0 Å². The Morgan fingerprint density at radius 2 is 1.74 bits per heavy atom. The van der Waals surface area contributed by atoms with Gasteiger partial charge in [-0.2, -0.15) is 5.26 Å². The average molecular weight is 413 g/mol. The fourth-order valence-corrected chi connectivity index (χ4v) is 3.88. The Morgan fingerprint density at radius 3 is 2.35 bits per heavy atom. The summed E-state index contributed by atoms with van der Waals surface area (Å²) in [5.74, 6) is -1.31. The number of hydrogen-bond acceptors (Lipinski definition) is 5. The lowest BCUT2D eigenvalue weighted by atomic mass is 9.98. The SMILES string of the molecule is N#Cc1cncc(C[C@H](NC(=O)OCC2c3ccccc3-c3ccccc32)C(=O)O)c1. The summed E-state index contributed by atoms with van der Waals surface area (Å²) in [5.41, 5.74) is 5.23. The first-order valence-electron chi connectivity index (χ1n) is 9.75. The van der Waals surface area contributed by atoms with Gasteiger partial charge in [-0.05, 0) is 33.9 Å². The minimum absolute atomic E-state index is 0.0119. The summed E-state index contributed by atoms with van der Waals surface area (Å²) in [6.07, 6.45) is 2.04. The highest BCUT2D eigenvalue weighted by Gasteiger charge is 2.29. The summed E-state index contributed by atoms with van der Waals surface area (Å²) < 4.78 is 5.42. The Bertz CT molecular complexity index is 1140. The minimum atomic E-state index is -1.20. The van der Waals surface area contributed by atoms with Crippen LogP contribution < -0.4 is 5.32 Å². The first kappa shape index (κ1) is 20.1. The zero-order valence-corrected chi connectivity index (χ0v) is 16.5. The van der Waals surface area contributed by atoms with E-state index in [2.05, 4.69) is 10.3 Å². The third-order valence-corrected chi connectivity index (χ3v) is 5.30. The second kappa shape index (κ2) is 8.67. The molecule has 0 spiro atoms. The predicted octanol–water partition coefficient (Wildman–Crippen LogP) is 3.49. The number of benzene rings is 2. The molecule has 0 saturated carbocycles. The number of carbonyl (C=O) groups is 2. The number of carboxylic acids is 1. The van der Waals surface area contributed by atoms with E-state index in [1.165, 1.54) is 12.4 Å². The molecule has 2 aromatic carbocycles. The number of aliphatic carboxylic acids is 1. The molecule has 1 atom stereocenters. The molecule has 1 heterocycles. The number of nitriles is 1. The van der Waals surface area contributed by atoms with Crippen LogP contribution in [-0.4, -0.2) is 34.8 Å². The molecule has 0 aliphatic heterocycles. The maximum Gasteiger partial charge on any atom is 0.407 e. The van der Waals surface area contributed by atoms with Crippen LogP contribution in [0.4, 0.5) is 4.79 Å². The number of carbonyl (C=O) groups excluding carboxylic acids is 1. The number of fused-ring (bicyclic) bond motifs is 3. The number of pyridine rings is 1. The maximum atomic E-state index is 12.4. The van der Waals surface area contributed by atoms with Gasteiger partial charge in [0.15, 0.2) is 0 Å². The predicted molar refractivity (Wildman–Crippen MR) is 112 cm³/mol. The van der Waals surface area contributed by atoms with Gasteiger partial charge in [-0.3, -0.25) is 4.98 Å². The van der Waals surface area contributed by atoms with Crippen LogP contribution in [0.3, 0.4) is 0 Å². The molecule has 4 rings (SSSR count). The van der Waals surface area contributed by atoms with Gasteiger partial charge in [-0.1, -0.05) is 48.5 Å². The molecule has 3 aromatic rings. The Labute approximate surface area is 178 Å². The number of carboxylic acid groups (broad SMARTS) is 1. The Hall–Kier alpha value is -4.18. The second-order valence-corrected chi connectivity index (χ2v) is 7.26. The number of ether oxygens (including phenoxy) is 1. The number of hydrogen-bond donors (Lipinski definition) is 2. The van der Waals surface area contributed by atoms with Crippen molar-refractivity contribution in [1.82, 2.24) is 10.3 Å². The summed E-state index contributed by atoms with van der Waals surface area (Å²) in [7, 11) is 0. The van der Waals surface area contributed by atoms with Crippen LogP contribution in [0.5, 0.6) is 0 Å². The molecule has 0 fully saturated rings. The van der Waals surface area contributed by atoms with Crippen LogP contribution in [0.1, 0.15) is 28.2 Å². The quantitative estimate of drug-likeness (QED) is 0.640. The van der Waals surface area contributed by atoms with E-state index >= 15 is 0 Å². The molecule has 1 aliphatic rings. The monoisotopic (exact) mass is 413 g/mol. The normalized spacial score (nSPS) is 12.9. The van der Waals surface area contributed by atoms with E-state index in [1.54, 1.807) is 6.07 Å². The molecule has 0 radical (unpaired) electrons. The van der Waals surface area contributed by atoms with Gasteiger partial charge in [0.05, 0.1) is 5.56 Å². The molecule has 7 nitrogen and oxygen atoms in total. The summed E-state index contributed by atoms with van der Waals surface area (Å²) in [6.45, 7) is 0.0949. The first-order valence-corrected chi connectivity index (χ1v) is 9.75. The molecule has 2 N–H and O–H groups in total. The third-order valence-electron chi connectivity index (χ3n) is 5.30. The van der Waals surface area contributed by atoms with E-state index in [0.717, 1.165) is 22.3 Å². The van der Waals surface area contributed by atoms with Gasteiger partial charge >= 0.3 is 12.1 Å². The summed E-state index contributed by atoms with van der Waals surface area (Å²) >= 11 is 0. The van der Waals surface area contributed by atoms with Crippen molar-refractivity contribution in [2.75, 3.05) is 6.61 Å². The van der Waals surface area contributed by atoms with Crippen molar-refractivity contribution in [2.45, 2.75) is 18.4 Å². The number of amides is 1. The zero-order valence-electron chi connectivity index (χ0n) is 16.5. The highest BCUT2D eigenvalue weighted by molar-refractivity contribution is 5.81. The van der Waals surface area contributed by atoms with Crippen molar-refractivity contribution in [3.05, 3.63) is 89.2 Å². The molecule has 31 heavy (non-hydrogen) atoms. The molecule has 0 unspecified atom stereocenters. The number of nitrogens with one attached hydrogen (secondary N) is 1. The van der Waals surface area contributed by atoms with Crippen molar-refractivity contribution < 1.29 is 19.4 Å². The Balaban J connectivity index is 1.43. The van der Waals surface area contributed by atoms with Crippen molar-refractivity contribution >= 4 is 12.1 Å². The van der Waals surface area contributed by atoms with Crippen LogP contribution in [0.15, 0.2) is 67.0 Å². The van der Waals surface area contributed by atoms with E-state index in [9.17, 15) is 14.7 Å². The average Bonchev–Trinajstić information content (AvgIpc) is 3.11. The Morgan fingerprint density at radius 1 is 1.10 bits per heavy atom. The van der Waals surface area contributed by atoms with Gasteiger partial charge in [0.25, 0.3) is 0 Å². The van der Waals surface area contributed by atoms with Crippen molar-refractivity contribution in [1.29, 1.82) is 5.26 Å². The number of aromatic nitrogens is 1. The van der Waals surface area contributed by atoms with E-state index in [0.29, 0.717) is 11.1 Å². The summed E-state index contributed by atoms with van der Waals surface area (Å²) in [6, 6.07) is 18.2. The molecule has 7 heteroatoms. The van der Waals surface area contributed by atoms with Crippen LogP contribution in [0.2, 0.25) is 0 Å². The second-order valence-electron chi connectivity index (χ2n) is 7.26. The standard InChI is InChI=1S/C24H19N3O4/c25-11-16-9-15(12-26-13-16)10-22(23(28)29)27-24(30)31-14-21-19-7-3-1-5-17(19)18-6-2-4-8-20(18)21/h1-9,12-13,21-22H,10,14H2,(H,27,30)(H,28,29)/t22-/m0/s1. The number of alkyl carbamates (subject to hydrolysis) is 1. The molecule has 154 valence electrons. The molecule has 1 aromatic heterocycles. The zero-order chi connectivity index (χ0) is 21.8. The molecular formula is C24H19N3O4. The van der Waals surface area contributed by atoms with Crippen molar-refractivity contribution in [3.63, 3.8) is 0 Å². The largest absolute Gasteiger partial charge is 0.480 e. The van der Waals surface area contributed by atoms with Crippen LogP contribution in [-0.2, 0) is 16.0 Å². The number of nitrogens with zero attached hydrogens (tertiary/aromatic N) is 2. The summed E-state index contributed by atoms with van der Waals surface area (Å²) in [5, 5.41) is 20.9. The maximum absolute atomic E-state index is 12.4. The number of rotatable bonds is 6. The molecule has 1 aliphatic carbocycles. The lowest BCUT2D eigenvalue weighted by Crippen LogP contribution is -2.43. The lowest BCUT2D eigenvalue weighted by molar-refractivity contribution is -0.139. The van der Waals surface area contributed by atoms with Crippen LogP contribution in [0, 0.1) is 11.3 Å². The van der Waals surface area contributed by atoms with E-state index in [1.807, 2.05) is 54.6 Å². The fraction of sp³-hybridized carbons (Fsp3) is 0.167. The van der Waals surface area contributed by atoms with E-state index in [4.69, 9.17) is 10.00 Å². The Kier molecular flexibility index (Phi) is 5.63. The highest BCUT2D eigenvalue weighted by Crippen LogP contribution is 2.44. The minimum Gasteiger partial charge on any atom is -0.480 e. The van der Waals surface area contributed by atoms with Crippen molar-refractivity contribution in [3.8, 4) is 17.2 Å². The fourth-order valence-electron chi connectivity index (χ4n) is 3.88. The molecule has 0 saturated heterocycles. The first-order chi connectivity index (χ1) is 15.1. The van der Waals surface area contributed by atoms with E-state index in [-0.39, 0.29) is 18.9 Å². The van der Waals surface area contributed by atoms with Gasteiger partial charge in [0, 0.05) is 24.7 Å². The molecule has 0 bridgehead atoms. The van der Waals surface area contributed by atoms with Gasteiger partial charge in [-0.25, -0.2) is 9.59 Å².